The zero-order valence-electron chi connectivity index (χ0n) is 27.0. The maximum Gasteiger partial charge on any atom is 0.408 e. The van der Waals surface area contributed by atoms with Crippen molar-refractivity contribution >= 4 is 23.8 Å². The van der Waals surface area contributed by atoms with Crippen LogP contribution in [0.3, 0.4) is 0 Å². The molecule has 9 nitrogen and oxygen atoms in total. The van der Waals surface area contributed by atoms with E-state index in [4.69, 9.17) is 10.5 Å². The van der Waals surface area contributed by atoms with Gasteiger partial charge in [0.1, 0.15) is 17.7 Å². The van der Waals surface area contributed by atoms with E-state index in [1.165, 1.54) is 0 Å². The van der Waals surface area contributed by atoms with Gasteiger partial charge in [-0.3, -0.25) is 14.4 Å². The lowest BCUT2D eigenvalue weighted by molar-refractivity contribution is -0.145. The second-order valence-electron chi connectivity index (χ2n) is 13.4. The van der Waals surface area contributed by atoms with Crippen LogP contribution in [-0.2, 0) is 19.1 Å². The highest BCUT2D eigenvalue weighted by atomic mass is 16.6. The van der Waals surface area contributed by atoms with E-state index in [-0.39, 0.29) is 30.8 Å². The number of carbonyl (C=O) groups excluding carboxylic acids is 4. The Balaban J connectivity index is 2.62. The molecule has 4 amide bonds. The fourth-order valence-electron chi connectivity index (χ4n) is 5.49. The number of nitrogens with two attached hydrogens (primary N) is 1. The number of ether oxygens (including phenoxy) is 1. The summed E-state index contributed by atoms with van der Waals surface area (Å²) in [5.41, 5.74) is 7.29. The number of nitrogens with zero attached hydrogens (tertiary/aromatic N) is 1. The molecule has 4 N–H and O–H groups in total. The van der Waals surface area contributed by atoms with Gasteiger partial charge in [-0.25, -0.2) is 4.79 Å². The molecule has 0 spiro atoms. The number of hydrogen-bond donors (Lipinski definition) is 3. The van der Waals surface area contributed by atoms with Crippen LogP contribution in [0.4, 0.5) is 4.79 Å². The number of rotatable bonds is 13. The summed E-state index contributed by atoms with van der Waals surface area (Å²) < 4.78 is 5.46. The number of aryl methyl sites for hydroxylation is 2. The lowest BCUT2D eigenvalue weighted by Crippen LogP contribution is -2.56. The average molecular weight is 587 g/mol. The molecule has 0 aromatic heterocycles. The van der Waals surface area contributed by atoms with Gasteiger partial charge >= 0.3 is 6.09 Å². The third kappa shape index (κ3) is 11.3. The van der Waals surface area contributed by atoms with Crippen molar-refractivity contribution in [1.29, 1.82) is 0 Å². The molecule has 1 fully saturated rings. The van der Waals surface area contributed by atoms with Crippen LogP contribution in [0.2, 0.25) is 0 Å². The highest BCUT2D eigenvalue weighted by molar-refractivity contribution is 5.93. The van der Waals surface area contributed by atoms with Gasteiger partial charge in [0.15, 0.2) is 0 Å². The fraction of sp³-hybridized carbons (Fsp3) is 0.697. The SMILES string of the molecule is Cc1ccc(C)c(C(C(=O)NC2CCCCC2)N(C(=O)C(CCC(N)=O)NC(=O)OC(C)(C)C)C(C)CCC(C)C)c1. The van der Waals surface area contributed by atoms with E-state index in [2.05, 4.69) is 24.5 Å². The Kier molecular flexibility index (Phi) is 13.3. The topological polar surface area (TPSA) is 131 Å². The number of nitrogens with one attached hydrogen (secondary N) is 2. The van der Waals surface area contributed by atoms with Crippen LogP contribution in [0.25, 0.3) is 0 Å². The Bertz CT molecular complexity index is 1070. The van der Waals surface area contributed by atoms with Gasteiger partial charge in [-0.15, -0.1) is 0 Å². The Morgan fingerprint density at radius 1 is 1.00 bits per heavy atom. The quantitative estimate of drug-likeness (QED) is 0.277. The zero-order chi connectivity index (χ0) is 31.6. The maximum absolute atomic E-state index is 14.6. The molecule has 0 saturated heterocycles. The van der Waals surface area contributed by atoms with Crippen LogP contribution in [-0.4, -0.2) is 52.4 Å². The van der Waals surface area contributed by atoms with Gasteiger partial charge in [0, 0.05) is 18.5 Å². The van der Waals surface area contributed by atoms with E-state index < -0.39 is 35.6 Å². The van der Waals surface area contributed by atoms with Gasteiger partial charge < -0.3 is 26.0 Å². The highest BCUT2D eigenvalue weighted by Gasteiger charge is 2.40. The van der Waals surface area contributed by atoms with E-state index in [1.54, 1.807) is 25.7 Å². The van der Waals surface area contributed by atoms with Crippen molar-refractivity contribution in [2.24, 2.45) is 11.7 Å². The minimum Gasteiger partial charge on any atom is -0.444 e. The molecule has 1 saturated carbocycles. The summed E-state index contributed by atoms with van der Waals surface area (Å²) in [4.78, 5) is 55.1. The van der Waals surface area contributed by atoms with Gasteiger partial charge in [0.25, 0.3) is 0 Å². The number of amides is 4. The summed E-state index contributed by atoms with van der Waals surface area (Å²) in [5, 5.41) is 5.95. The predicted molar refractivity (Wildman–Crippen MR) is 166 cm³/mol. The van der Waals surface area contributed by atoms with E-state index in [9.17, 15) is 19.2 Å². The second kappa shape index (κ2) is 15.9. The Morgan fingerprint density at radius 2 is 1.64 bits per heavy atom. The standard InChI is InChI=1S/C33H54N4O5/c1-21(2)14-17-24(5)37(31(40)27(18-19-28(34)38)36-32(41)42-33(6,7)8)29(26-20-22(3)15-16-23(26)4)30(39)35-25-12-10-9-11-13-25/h15-16,20-21,24-25,27,29H,9-14,17-19H2,1-8H3,(H2,34,38)(H,35,39)(H,36,41). The first-order chi connectivity index (χ1) is 19.6. The number of benzene rings is 1. The van der Waals surface area contributed by atoms with Crippen molar-refractivity contribution in [1.82, 2.24) is 15.5 Å². The predicted octanol–water partition coefficient (Wildman–Crippen LogP) is 5.61. The van der Waals surface area contributed by atoms with Gasteiger partial charge in [-0.2, -0.15) is 0 Å². The summed E-state index contributed by atoms with van der Waals surface area (Å²) in [6.07, 6.45) is 5.71. The first-order valence-electron chi connectivity index (χ1n) is 15.6. The van der Waals surface area contributed by atoms with Crippen molar-refractivity contribution in [3.05, 3.63) is 34.9 Å². The van der Waals surface area contributed by atoms with E-state index in [0.29, 0.717) is 12.3 Å². The third-order valence-corrected chi connectivity index (χ3v) is 7.77. The number of hydrogen-bond acceptors (Lipinski definition) is 5. The first kappa shape index (κ1) is 35.1. The van der Waals surface area contributed by atoms with Crippen LogP contribution < -0.4 is 16.4 Å². The first-order valence-corrected chi connectivity index (χ1v) is 15.6. The number of carbonyl (C=O) groups is 4. The molecule has 3 atom stereocenters. The monoisotopic (exact) mass is 586 g/mol. The molecule has 1 aromatic rings. The van der Waals surface area contributed by atoms with Crippen molar-refractivity contribution in [3.63, 3.8) is 0 Å². The lowest BCUT2D eigenvalue weighted by atomic mass is 9.91. The summed E-state index contributed by atoms with van der Waals surface area (Å²) >= 11 is 0. The molecule has 1 aromatic carbocycles. The molecule has 236 valence electrons. The van der Waals surface area contributed by atoms with Crippen LogP contribution in [0, 0.1) is 19.8 Å². The average Bonchev–Trinajstić information content (AvgIpc) is 2.88. The summed E-state index contributed by atoms with van der Waals surface area (Å²) in [6, 6.07) is 3.61. The van der Waals surface area contributed by atoms with Gasteiger partial charge in [-0.05, 0) is 90.7 Å². The second-order valence-corrected chi connectivity index (χ2v) is 13.4. The number of alkyl carbamates (subject to hydrolysis) is 1. The molecule has 0 heterocycles. The molecule has 0 aliphatic heterocycles. The molecular formula is C33H54N4O5. The van der Waals surface area contributed by atoms with Crippen LogP contribution in [0.5, 0.6) is 0 Å². The largest absolute Gasteiger partial charge is 0.444 e. The smallest absolute Gasteiger partial charge is 0.408 e. The lowest BCUT2D eigenvalue weighted by Gasteiger charge is -2.40. The molecule has 0 radical (unpaired) electrons. The summed E-state index contributed by atoms with van der Waals surface area (Å²) in [5.74, 6) is -0.862. The van der Waals surface area contributed by atoms with Gasteiger partial charge in [-0.1, -0.05) is 56.9 Å². The maximum atomic E-state index is 14.6. The van der Waals surface area contributed by atoms with Crippen molar-refractivity contribution < 1.29 is 23.9 Å². The van der Waals surface area contributed by atoms with Crippen molar-refractivity contribution in [2.45, 2.75) is 143 Å². The fourth-order valence-corrected chi connectivity index (χ4v) is 5.49. The van der Waals surface area contributed by atoms with Gasteiger partial charge in [0.05, 0.1) is 0 Å². The van der Waals surface area contributed by atoms with Crippen molar-refractivity contribution in [2.75, 3.05) is 0 Å². The highest BCUT2D eigenvalue weighted by Crippen LogP contribution is 2.31. The van der Waals surface area contributed by atoms with Crippen molar-refractivity contribution in [3.8, 4) is 0 Å². The summed E-state index contributed by atoms with van der Waals surface area (Å²) in [6.45, 7) is 15.3. The number of primary amides is 1. The van der Waals surface area contributed by atoms with E-state index in [0.717, 1.165) is 55.2 Å². The molecule has 1 aliphatic carbocycles. The minimum atomic E-state index is -1.11. The van der Waals surface area contributed by atoms with Crippen LogP contribution >= 0.6 is 0 Å². The van der Waals surface area contributed by atoms with E-state index >= 15 is 0 Å². The van der Waals surface area contributed by atoms with Gasteiger partial charge in [0.2, 0.25) is 17.7 Å². The molecule has 9 heteroatoms. The normalized spacial score (nSPS) is 16.3. The molecule has 42 heavy (non-hydrogen) atoms. The molecular weight excluding hydrogens is 532 g/mol. The zero-order valence-corrected chi connectivity index (χ0v) is 27.0. The summed E-state index contributed by atoms with van der Waals surface area (Å²) in [7, 11) is 0. The Hall–Kier alpha value is -3.10. The van der Waals surface area contributed by atoms with E-state index in [1.807, 2.05) is 39.0 Å². The molecule has 2 rings (SSSR count). The third-order valence-electron chi connectivity index (χ3n) is 7.77. The van der Waals surface area contributed by atoms with Crippen LogP contribution in [0.15, 0.2) is 18.2 Å². The molecule has 1 aliphatic rings. The molecule has 3 unspecified atom stereocenters. The minimum absolute atomic E-state index is 0.00935. The van der Waals surface area contributed by atoms with Crippen LogP contribution in [0.1, 0.15) is 122 Å². The Morgan fingerprint density at radius 3 is 2.21 bits per heavy atom. The Labute approximate surface area is 252 Å². The molecule has 0 bridgehead atoms.